The average Bonchev–Trinajstić information content (AvgIpc) is 2.95. The highest BCUT2D eigenvalue weighted by Crippen LogP contribution is 2.28. The number of aromatic nitrogens is 1. The molecule has 0 aliphatic rings. The quantitative estimate of drug-likeness (QED) is 0.198. The first-order chi connectivity index (χ1) is 13.7. The van der Waals surface area contributed by atoms with Gasteiger partial charge in [-0.2, -0.15) is 0 Å². The van der Waals surface area contributed by atoms with Gasteiger partial charge in [0, 0.05) is 11.6 Å². The van der Waals surface area contributed by atoms with Crippen LogP contribution >= 0.6 is 0 Å². The lowest BCUT2D eigenvalue weighted by Gasteiger charge is -2.05. The Kier molecular flexibility index (Phi) is 14.5. The monoisotopic (exact) mass is 393 g/mol. The molecule has 0 atom stereocenters. The van der Waals surface area contributed by atoms with Crippen LogP contribution in [-0.2, 0) is 13.0 Å². The van der Waals surface area contributed by atoms with E-state index in [1.54, 1.807) is 6.07 Å². The van der Waals surface area contributed by atoms with Crippen LogP contribution in [0.3, 0.4) is 0 Å². The molecule has 162 valence electrons. The summed E-state index contributed by atoms with van der Waals surface area (Å²) in [7, 11) is 0. The molecule has 4 nitrogen and oxygen atoms in total. The van der Waals surface area contributed by atoms with E-state index in [9.17, 15) is 10.2 Å². The second kappa shape index (κ2) is 16.5. The van der Waals surface area contributed by atoms with Gasteiger partial charge in [0.05, 0.1) is 13.2 Å². The molecule has 3 N–H and O–H groups in total. The highest BCUT2D eigenvalue weighted by atomic mass is 16.3. The van der Waals surface area contributed by atoms with Gasteiger partial charge in [0.2, 0.25) is 0 Å². The van der Waals surface area contributed by atoms with E-state index in [0.29, 0.717) is 0 Å². The number of aliphatic hydroxyl groups excluding tert-OH is 1. The molecule has 0 unspecified atom stereocenters. The van der Waals surface area contributed by atoms with Crippen molar-refractivity contribution in [3.05, 3.63) is 23.8 Å². The van der Waals surface area contributed by atoms with Gasteiger partial charge in [-0.1, -0.05) is 76.9 Å². The molecule has 0 aliphatic heterocycles. The predicted molar refractivity (Wildman–Crippen MR) is 118 cm³/mol. The maximum absolute atomic E-state index is 10.1. The number of hydrogen-bond acceptors (Lipinski definition) is 3. The number of aliphatic hydroxyl groups is 1. The Balaban J connectivity index is 1.93. The van der Waals surface area contributed by atoms with Crippen molar-refractivity contribution in [3.8, 4) is 11.8 Å². The molecule has 0 spiro atoms. The predicted octanol–water partition coefficient (Wildman–Crippen LogP) is 6.47. The fourth-order valence-corrected chi connectivity index (χ4v) is 3.65. The zero-order valence-electron chi connectivity index (χ0n) is 18.0. The first-order valence-electron chi connectivity index (χ1n) is 11.6. The summed E-state index contributed by atoms with van der Waals surface area (Å²) < 4.78 is 1.36. The Morgan fingerprint density at radius 3 is 1.89 bits per heavy atom. The van der Waals surface area contributed by atoms with Crippen molar-refractivity contribution in [1.82, 2.24) is 4.57 Å². The van der Waals surface area contributed by atoms with Crippen LogP contribution in [-0.4, -0.2) is 26.5 Å². The summed E-state index contributed by atoms with van der Waals surface area (Å²) in [6.45, 7) is 2.40. The number of hydrogen-bond donors (Lipinski definition) is 3. The van der Waals surface area contributed by atoms with Gasteiger partial charge >= 0.3 is 0 Å². The minimum Gasteiger partial charge on any atom is -0.494 e. The van der Waals surface area contributed by atoms with Crippen LogP contribution in [0.4, 0.5) is 0 Å². The van der Waals surface area contributed by atoms with E-state index in [-0.39, 0.29) is 24.9 Å². The number of aryl methyl sites for hydroxylation is 1. The van der Waals surface area contributed by atoms with Crippen LogP contribution < -0.4 is 0 Å². The topological polar surface area (TPSA) is 65.6 Å². The zero-order chi connectivity index (χ0) is 20.5. The highest BCUT2D eigenvalue weighted by molar-refractivity contribution is 5.35. The van der Waals surface area contributed by atoms with Crippen LogP contribution in [0.15, 0.2) is 18.2 Å². The maximum Gasteiger partial charge on any atom is 0.197 e. The van der Waals surface area contributed by atoms with Crippen molar-refractivity contribution in [1.29, 1.82) is 0 Å². The third-order valence-corrected chi connectivity index (χ3v) is 5.40. The third-order valence-electron chi connectivity index (χ3n) is 5.40. The molecule has 28 heavy (non-hydrogen) atoms. The summed E-state index contributed by atoms with van der Waals surface area (Å²) in [5.41, 5.74) is 0.779. The normalized spacial score (nSPS) is 11.6. The van der Waals surface area contributed by atoms with Crippen molar-refractivity contribution in [2.45, 2.75) is 110 Å². The number of rotatable bonds is 18. The second-order valence-electron chi connectivity index (χ2n) is 7.91. The molecule has 0 saturated carbocycles. The second-order valence-corrected chi connectivity index (χ2v) is 7.91. The van der Waals surface area contributed by atoms with Gasteiger partial charge in [-0.3, -0.25) is 4.57 Å². The molecule has 0 aliphatic carbocycles. The Hall–Kier alpha value is -1.42. The van der Waals surface area contributed by atoms with E-state index in [0.717, 1.165) is 24.8 Å². The first-order valence-corrected chi connectivity index (χ1v) is 11.6. The summed E-state index contributed by atoms with van der Waals surface area (Å²) >= 11 is 0. The van der Waals surface area contributed by atoms with Gasteiger partial charge in [-0.15, -0.1) is 0 Å². The molecule has 0 amide bonds. The van der Waals surface area contributed by atoms with Gasteiger partial charge in [0.25, 0.3) is 0 Å². The van der Waals surface area contributed by atoms with Crippen LogP contribution in [0.5, 0.6) is 11.8 Å². The molecule has 4 heteroatoms. The molecular weight excluding hydrogens is 350 g/mol. The number of unbranched alkanes of at least 4 members (excludes halogenated alkanes) is 12. The van der Waals surface area contributed by atoms with Crippen molar-refractivity contribution in [3.63, 3.8) is 0 Å². The Labute approximate surface area is 172 Å². The van der Waals surface area contributed by atoms with Crippen molar-refractivity contribution in [2.75, 3.05) is 6.61 Å². The van der Waals surface area contributed by atoms with Gasteiger partial charge < -0.3 is 15.3 Å². The van der Waals surface area contributed by atoms with Gasteiger partial charge in [-0.05, 0) is 38.5 Å². The first kappa shape index (κ1) is 24.6. The van der Waals surface area contributed by atoms with Crippen LogP contribution in [0.25, 0.3) is 0 Å². The average molecular weight is 394 g/mol. The SMILES string of the molecule is CCCCCCCCC=CCCCCCCCCc1cc(O)n(CCO)c1O. The van der Waals surface area contributed by atoms with Crippen LogP contribution in [0, 0.1) is 0 Å². The fourth-order valence-electron chi connectivity index (χ4n) is 3.65. The van der Waals surface area contributed by atoms with Crippen LogP contribution in [0.1, 0.15) is 102 Å². The van der Waals surface area contributed by atoms with E-state index in [2.05, 4.69) is 19.1 Å². The van der Waals surface area contributed by atoms with Gasteiger partial charge in [-0.25, -0.2) is 0 Å². The van der Waals surface area contributed by atoms with Crippen LogP contribution in [0.2, 0.25) is 0 Å². The van der Waals surface area contributed by atoms with Crippen molar-refractivity contribution < 1.29 is 15.3 Å². The Morgan fingerprint density at radius 2 is 1.32 bits per heavy atom. The smallest absolute Gasteiger partial charge is 0.197 e. The van der Waals surface area contributed by atoms with Gasteiger partial charge in [0.1, 0.15) is 0 Å². The van der Waals surface area contributed by atoms with Crippen molar-refractivity contribution >= 4 is 0 Å². The van der Waals surface area contributed by atoms with E-state index in [4.69, 9.17) is 5.11 Å². The van der Waals surface area contributed by atoms with Gasteiger partial charge in [0.15, 0.2) is 11.8 Å². The summed E-state index contributed by atoms with van der Waals surface area (Å²) in [6, 6.07) is 1.61. The molecule has 0 saturated heterocycles. The molecule has 0 aromatic carbocycles. The zero-order valence-corrected chi connectivity index (χ0v) is 18.0. The Morgan fingerprint density at radius 1 is 0.786 bits per heavy atom. The molecule has 1 heterocycles. The molecular formula is C24H43NO3. The number of allylic oxidation sites excluding steroid dienone is 2. The van der Waals surface area contributed by atoms with E-state index in [1.807, 2.05) is 0 Å². The summed E-state index contributed by atoms with van der Waals surface area (Å²) in [4.78, 5) is 0. The minimum atomic E-state index is -0.0938. The lowest BCUT2D eigenvalue weighted by atomic mass is 10.1. The highest BCUT2D eigenvalue weighted by Gasteiger charge is 2.12. The summed E-state index contributed by atoms with van der Waals surface area (Å²) in [6.07, 6.45) is 23.5. The third kappa shape index (κ3) is 10.8. The molecule has 0 bridgehead atoms. The summed E-state index contributed by atoms with van der Waals surface area (Å²) in [5, 5.41) is 28.8. The Bertz CT molecular complexity index is 522. The van der Waals surface area contributed by atoms with E-state index < -0.39 is 0 Å². The number of aromatic hydroxyl groups is 2. The summed E-state index contributed by atoms with van der Waals surface area (Å²) in [5.74, 6) is 0.130. The van der Waals surface area contributed by atoms with E-state index >= 15 is 0 Å². The van der Waals surface area contributed by atoms with Crippen molar-refractivity contribution in [2.24, 2.45) is 0 Å². The minimum absolute atomic E-state index is 0.0334. The molecule has 0 radical (unpaired) electrons. The lowest BCUT2D eigenvalue weighted by Crippen LogP contribution is -2.00. The van der Waals surface area contributed by atoms with E-state index in [1.165, 1.54) is 81.6 Å². The lowest BCUT2D eigenvalue weighted by molar-refractivity contribution is 0.256. The maximum atomic E-state index is 10.1. The fraction of sp³-hybridized carbons (Fsp3) is 0.750. The largest absolute Gasteiger partial charge is 0.494 e. The molecule has 1 aromatic heterocycles. The molecule has 1 aromatic rings. The standard InChI is InChI=1S/C24H43NO3/c1-2-3-4-5-6-7-8-9-10-11-12-13-14-15-16-17-18-22-21-23(27)25(19-20-26)24(22)28/h9-10,21,26-28H,2-8,11-20H2,1H3. The molecule has 0 fully saturated rings. The molecule has 1 rings (SSSR count). The number of nitrogens with zero attached hydrogens (tertiary/aromatic N) is 1.